The Hall–Kier alpha value is -1.48. The smallest absolute Gasteiger partial charge is 0.292 e. The first-order valence-corrected chi connectivity index (χ1v) is 4.04. The van der Waals surface area contributed by atoms with E-state index in [-0.39, 0.29) is 11.1 Å². The number of phenols is 1. The molecule has 0 saturated carbocycles. The second-order valence-corrected chi connectivity index (χ2v) is 2.85. The van der Waals surface area contributed by atoms with Gasteiger partial charge in [-0.1, -0.05) is 0 Å². The van der Waals surface area contributed by atoms with Crippen molar-refractivity contribution in [3.05, 3.63) is 35.8 Å². The molecule has 1 aromatic carbocycles. The predicted molar refractivity (Wildman–Crippen MR) is 48.6 cm³/mol. The predicted octanol–water partition coefficient (Wildman–Crippen LogP) is 2.70. The minimum absolute atomic E-state index is 0.114. The summed E-state index contributed by atoms with van der Waals surface area (Å²) in [6.07, 6.45) is 1.54. The molecule has 1 aromatic heterocycles. The molecule has 0 aliphatic rings. The molecule has 0 amide bonds. The summed E-state index contributed by atoms with van der Waals surface area (Å²) in [5.41, 5.74) is 0.831. The molecular formula is C9H6ClNO2. The number of oxazole rings is 1. The molecule has 13 heavy (non-hydrogen) atoms. The van der Waals surface area contributed by atoms with Crippen LogP contribution in [0.15, 0.2) is 34.9 Å². The summed E-state index contributed by atoms with van der Waals surface area (Å²) < 4.78 is 5.08. The Morgan fingerprint density at radius 1 is 1.23 bits per heavy atom. The fourth-order valence-corrected chi connectivity index (χ4v) is 1.14. The molecule has 0 aliphatic carbocycles. The quantitative estimate of drug-likeness (QED) is 0.761. The number of aromatic nitrogens is 1. The third-order valence-corrected chi connectivity index (χ3v) is 1.80. The van der Waals surface area contributed by atoms with Crippen molar-refractivity contribution in [3.63, 3.8) is 0 Å². The molecule has 0 saturated heterocycles. The summed E-state index contributed by atoms with van der Waals surface area (Å²) in [5.74, 6) is 0.805. The van der Waals surface area contributed by atoms with Crippen LogP contribution in [0.4, 0.5) is 0 Å². The van der Waals surface area contributed by atoms with Gasteiger partial charge in [0.25, 0.3) is 5.35 Å². The van der Waals surface area contributed by atoms with Crippen LogP contribution in [0.25, 0.3) is 11.3 Å². The van der Waals surface area contributed by atoms with E-state index in [2.05, 4.69) is 4.98 Å². The highest BCUT2D eigenvalue weighted by atomic mass is 35.5. The van der Waals surface area contributed by atoms with Crippen LogP contribution in [0.2, 0.25) is 5.35 Å². The number of nitrogens with zero attached hydrogens (tertiary/aromatic N) is 1. The Morgan fingerprint density at radius 3 is 2.46 bits per heavy atom. The van der Waals surface area contributed by atoms with E-state index in [4.69, 9.17) is 21.1 Å². The summed E-state index contributed by atoms with van der Waals surface area (Å²) in [6.45, 7) is 0. The van der Waals surface area contributed by atoms with Gasteiger partial charge in [0.1, 0.15) is 5.75 Å². The van der Waals surface area contributed by atoms with Crippen LogP contribution >= 0.6 is 11.6 Å². The van der Waals surface area contributed by atoms with Crippen LogP contribution in [0.5, 0.6) is 5.75 Å². The maximum atomic E-state index is 9.04. The van der Waals surface area contributed by atoms with Gasteiger partial charge in [-0.05, 0) is 35.9 Å². The summed E-state index contributed by atoms with van der Waals surface area (Å²) in [6, 6.07) is 6.61. The van der Waals surface area contributed by atoms with E-state index in [9.17, 15) is 0 Å². The monoisotopic (exact) mass is 195 g/mol. The second kappa shape index (κ2) is 3.11. The van der Waals surface area contributed by atoms with E-state index >= 15 is 0 Å². The molecule has 1 N–H and O–H groups in total. The number of halogens is 1. The molecule has 2 rings (SSSR count). The zero-order valence-electron chi connectivity index (χ0n) is 6.57. The lowest BCUT2D eigenvalue weighted by Crippen LogP contribution is -1.71. The van der Waals surface area contributed by atoms with Crippen molar-refractivity contribution in [2.75, 3.05) is 0 Å². The molecule has 0 spiro atoms. The highest BCUT2D eigenvalue weighted by Crippen LogP contribution is 2.23. The molecular weight excluding hydrogens is 190 g/mol. The van der Waals surface area contributed by atoms with Gasteiger partial charge in [0, 0.05) is 5.56 Å². The molecule has 0 atom stereocenters. The van der Waals surface area contributed by atoms with Crippen molar-refractivity contribution in [1.29, 1.82) is 0 Å². The first kappa shape index (κ1) is 8.13. The lowest BCUT2D eigenvalue weighted by atomic mass is 10.2. The van der Waals surface area contributed by atoms with Gasteiger partial charge in [0.15, 0.2) is 5.76 Å². The summed E-state index contributed by atoms with van der Waals surface area (Å²) in [7, 11) is 0. The Kier molecular flexibility index (Phi) is 1.94. The SMILES string of the molecule is Oc1ccc(-c2cnc(Cl)o2)cc1. The van der Waals surface area contributed by atoms with Crippen molar-refractivity contribution in [3.8, 4) is 17.1 Å². The summed E-state index contributed by atoms with van der Waals surface area (Å²) in [4.78, 5) is 3.75. The molecule has 0 aliphatic heterocycles. The molecule has 3 nitrogen and oxygen atoms in total. The highest BCUT2D eigenvalue weighted by molar-refractivity contribution is 6.27. The molecule has 4 heteroatoms. The first-order chi connectivity index (χ1) is 6.25. The van der Waals surface area contributed by atoms with Crippen molar-refractivity contribution >= 4 is 11.6 Å². The van der Waals surface area contributed by atoms with Crippen LogP contribution in [-0.2, 0) is 0 Å². The number of aromatic hydroxyl groups is 1. The number of hydrogen-bond acceptors (Lipinski definition) is 3. The molecule has 66 valence electrons. The molecule has 0 bridgehead atoms. The Bertz CT molecular complexity index is 408. The molecule has 2 aromatic rings. The average Bonchev–Trinajstić information content (AvgIpc) is 2.53. The Balaban J connectivity index is 2.41. The van der Waals surface area contributed by atoms with Crippen molar-refractivity contribution in [1.82, 2.24) is 4.98 Å². The Morgan fingerprint density at radius 2 is 1.92 bits per heavy atom. The minimum Gasteiger partial charge on any atom is -0.508 e. The molecule has 1 heterocycles. The Labute approximate surface area is 79.6 Å². The van der Waals surface area contributed by atoms with E-state index in [1.807, 2.05) is 0 Å². The third kappa shape index (κ3) is 1.65. The molecule has 0 unspecified atom stereocenters. The van der Waals surface area contributed by atoms with E-state index in [1.54, 1.807) is 24.3 Å². The van der Waals surface area contributed by atoms with Crippen molar-refractivity contribution in [2.24, 2.45) is 0 Å². The van der Waals surface area contributed by atoms with Gasteiger partial charge >= 0.3 is 0 Å². The number of rotatable bonds is 1. The minimum atomic E-state index is 0.114. The van der Waals surface area contributed by atoms with Gasteiger partial charge in [-0.3, -0.25) is 0 Å². The van der Waals surface area contributed by atoms with Gasteiger partial charge in [-0.25, -0.2) is 4.98 Å². The molecule has 0 fully saturated rings. The topological polar surface area (TPSA) is 46.3 Å². The van der Waals surface area contributed by atoms with E-state index in [1.165, 1.54) is 6.20 Å². The average molecular weight is 196 g/mol. The fourth-order valence-electron chi connectivity index (χ4n) is 1.01. The maximum absolute atomic E-state index is 9.04. The van der Waals surface area contributed by atoms with E-state index < -0.39 is 0 Å². The number of phenolic OH excluding ortho intramolecular Hbond substituents is 1. The van der Waals surface area contributed by atoms with Gasteiger partial charge in [-0.15, -0.1) is 0 Å². The van der Waals surface area contributed by atoms with Crippen LogP contribution < -0.4 is 0 Å². The van der Waals surface area contributed by atoms with Crippen LogP contribution in [0.3, 0.4) is 0 Å². The van der Waals surface area contributed by atoms with Crippen LogP contribution in [-0.4, -0.2) is 10.1 Å². The zero-order chi connectivity index (χ0) is 9.26. The van der Waals surface area contributed by atoms with E-state index in [0.717, 1.165) is 5.56 Å². The van der Waals surface area contributed by atoms with Crippen molar-refractivity contribution < 1.29 is 9.52 Å². The van der Waals surface area contributed by atoms with Gasteiger partial charge in [0.05, 0.1) is 6.20 Å². The number of hydrogen-bond donors (Lipinski definition) is 1. The summed E-state index contributed by atoms with van der Waals surface area (Å²) >= 11 is 5.51. The zero-order valence-corrected chi connectivity index (χ0v) is 7.32. The maximum Gasteiger partial charge on any atom is 0.292 e. The molecule has 0 radical (unpaired) electrons. The second-order valence-electron chi connectivity index (χ2n) is 2.52. The fraction of sp³-hybridized carbons (Fsp3) is 0. The highest BCUT2D eigenvalue weighted by Gasteiger charge is 2.03. The van der Waals surface area contributed by atoms with Crippen LogP contribution in [0.1, 0.15) is 0 Å². The van der Waals surface area contributed by atoms with Gasteiger partial charge < -0.3 is 9.52 Å². The largest absolute Gasteiger partial charge is 0.508 e. The lowest BCUT2D eigenvalue weighted by Gasteiger charge is -1.94. The lowest BCUT2D eigenvalue weighted by molar-refractivity contribution is 0.475. The normalized spacial score (nSPS) is 10.2. The summed E-state index contributed by atoms with van der Waals surface area (Å²) in [5, 5.41) is 9.15. The standard InChI is InChI=1S/C9H6ClNO2/c10-9-11-5-8(13-9)6-1-3-7(12)4-2-6/h1-5,12H. The third-order valence-electron chi connectivity index (χ3n) is 1.63. The van der Waals surface area contributed by atoms with Crippen molar-refractivity contribution in [2.45, 2.75) is 0 Å². The van der Waals surface area contributed by atoms with E-state index in [0.29, 0.717) is 5.76 Å². The van der Waals surface area contributed by atoms with Crippen LogP contribution in [0, 0.1) is 0 Å². The first-order valence-electron chi connectivity index (χ1n) is 3.66. The van der Waals surface area contributed by atoms with Gasteiger partial charge in [0.2, 0.25) is 0 Å². The van der Waals surface area contributed by atoms with Gasteiger partial charge in [-0.2, -0.15) is 0 Å². The number of benzene rings is 1.